The lowest BCUT2D eigenvalue weighted by atomic mass is 9.88. The highest BCUT2D eigenvalue weighted by atomic mass is 35.5. The van der Waals surface area contributed by atoms with Gasteiger partial charge in [0.05, 0.1) is 30.5 Å². The lowest BCUT2D eigenvalue weighted by molar-refractivity contribution is 0.187. The van der Waals surface area contributed by atoms with Gasteiger partial charge >= 0.3 is 0 Å². The van der Waals surface area contributed by atoms with Crippen LogP contribution in [0.2, 0.25) is 0 Å². The summed E-state index contributed by atoms with van der Waals surface area (Å²) in [5.74, 6) is 0.135. The average Bonchev–Trinajstić information content (AvgIpc) is 3.15. The van der Waals surface area contributed by atoms with E-state index in [1.807, 2.05) is 13.0 Å². The van der Waals surface area contributed by atoms with Crippen molar-refractivity contribution in [2.24, 2.45) is 22.7 Å². The zero-order valence-electron chi connectivity index (χ0n) is 15.8. The molecule has 2 aliphatic heterocycles. The number of nitrogens with zero attached hydrogens (tertiary/aromatic N) is 3. The molecule has 28 heavy (non-hydrogen) atoms. The van der Waals surface area contributed by atoms with Crippen molar-refractivity contribution in [1.82, 2.24) is 9.29 Å². The van der Waals surface area contributed by atoms with Gasteiger partial charge in [0.25, 0.3) is 0 Å². The molecule has 6 nitrogen and oxygen atoms in total. The van der Waals surface area contributed by atoms with Crippen molar-refractivity contribution < 1.29 is 17.5 Å². The summed E-state index contributed by atoms with van der Waals surface area (Å²) in [4.78, 5) is 8.06. The summed E-state index contributed by atoms with van der Waals surface area (Å²) in [6.45, 7) is 4.16. The van der Waals surface area contributed by atoms with Gasteiger partial charge in [0.15, 0.2) is 0 Å². The molecule has 0 aromatic carbocycles. The lowest BCUT2D eigenvalue weighted by Gasteiger charge is -2.35. The van der Waals surface area contributed by atoms with Gasteiger partial charge in [0.1, 0.15) is 11.0 Å². The minimum absolute atomic E-state index is 0.0989. The van der Waals surface area contributed by atoms with Gasteiger partial charge in [-0.25, -0.2) is 22.1 Å². The molecule has 3 rings (SSSR count). The molecule has 1 aromatic heterocycles. The van der Waals surface area contributed by atoms with E-state index in [1.165, 1.54) is 18.3 Å². The normalized spacial score (nSPS) is 27.5. The molecule has 0 amide bonds. The van der Waals surface area contributed by atoms with Gasteiger partial charge in [0, 0.05) is 19.7 Å². The number of ether oxygens (including phenoxy) is 1. The molecule has 9 heteroatoms. The summed E-state index contributed by atoms with van der Waals surface area (Å²) in [5.41, 5.74) is 0.512. The van der Waals surface area contributed by atoms with Crippen molar-refractivity contribution in [1.29, 1.82) is 0 Å². The number of rotatable bonds is 6. The van der Waals surface area contributed by atoms with Gasteiger partial charge < -0.3 is 4.74 Å². The molecule has 154 valence electrons. The van der Waals surface area contributed by atoms with Gasteiger partial charge in [0.2, 0.25) is 10.0 Å². The Kier molecular flexibility index (Phi) is 7.20. The number of allylic oxidation sites excluding steroid dienone is 1. The van der Waals surface area contributed by atoms with Crippen molar-refractivity contribution in [2.45, 2.75) is 19.8 Å². The van der Waals surface area contributed by atoms with Crippen LogP contribution in [0.4, 0.5) is 4.39 Å². The van der Waals surface area contributed by atoms with Crippen LogP contribution in [-0.2, 0) is 14.8 Å². The summed E-state index contributed by atoms with van der Waals surface area (Å²) < 4.78 is 45.1. The Hall–Kier alpha value is -1.35. The molecule has 1 aromatic rings. The number of aliphatic imine (C=N–C) groups is 1. The molecule has 0 N–H and O–H groups in total. The minimum atomic E-state index is -3.27. The second-order valence-electron chi connectivity index (χ2n) is 7.44. The summed E-state index contributed by atoms with van der Waals surface area (Å²) in [7, 11) is -3.27. The van der Waals surface area contributed by atoms with Crippen LogP contribution < -0.4 is 0 Å². The summed E-state index contributed by atoms with van der Waals surface area (Å²) in [6, 6.07) is 2.83. The van der Waals surface area contributed by atoms with Crippen molar-refractivity contribution in [3.63, 3.8) is 0 Å². The van der Waals surface area contributed by atoms with Gasteiger partial charge in [-0.05, 0) is 48.8 Å². The molecule has 0 radical (unpaired) electrons. The summed E-state index contributed by atoms with van der Waals surface area (Å²) in [5, 5.41) is 0.322. The van der Waals surface area contributed by atoms with Crippen molar-refractivity contribution in [3.05, 3.63) is 41.1 Å². The number of aromatic nitrogens is 1. The van der Waals surface area contributed by atoms with Crippen LogP contribution in [0.25, 0.3) is 0 Å². The maximum atomic E-state index is 12.9. The third-order valence-electron chi connectivity index (χ3n) is 5.22. The zero-order chi connectivity index (χ0) is 20.1. The maximum absolute atomic E-state index is 12.9. The maximum Gasteiger partial charge on any atom is 0.214 e. The van der Waals surface area contributed by atoms with Crippen LogP contribution in [0.3, 0.4) is 0 Å². The van der Waals surface area contributed by atoms with E-state index in [0.717, 1.165) is 12.6 Å². The third-order valence-corrected chi connectivity index (χ3v) is 7.45. The number of halogens is 2. The Morgan fingerprint density at radius 3 is 2.93 bits per heavy atom. The smallest absolute Gasteiger partial charge is 0.214 e. The van der Waals surface area contributed by atoms with Crippen LogP contribution >= 0.6 is 11.6 Å². The number of piperidine rings is 1. The van der Waals surface area contributed by atoms with Crippen molar-refractivity contribution in [3.8, 4) is 0 Å². The van der Waals surface area contributed by atoms with E-state index >= 15 is 0 Å². The van der Waals surface area contributed by atoms with E-state index in [0.29, 0.717) is 43.6 Å². The summed E-state index contributed by atoms with van der Waals surface area (Å²) >= 11 is 6.22. The molecule has 0 aliphatic carbocycles. The Morgan fingerprint density at radius 2 is 2.29 bits per heavy atom. The Bertz CT molecular complexity index is 823. The van der Waals surface area contributed by atoms with Crippen LogP contribution in [0.15, 0.2) is 34.6 Å². The fourth-order valence-corrected chi connectivity index (χ4v) is 5.68. The molecule has 2 fully saturated rings. The first-order valence-corrected chi connectivity index (χ1v) is 11.4. The Balaban J connectivity index is 1.56. The van der Waals surface area contributed by atoms with E-state index in [9.17, 15) is 12.8 Å². The van der Waals surface area contributed by atoms with Gasteiger partial charge in [-0.2, -0.15) is 0 Å². The van der Waals surface area contributed by atoms with E-state index in [1.54, 1.807) is 4.31 Å². The largest absolute Gasteiger partial charge is 0.381 e. The fraction of sp³-hybridized carbons (Fsp3) is 0.579. The van der Waals surface area contributed by atoms with Crippen LogP contribution in [0.1, 0.15) is 25.5 Å². The van der Waals surface area contributed by atoms with Crippen LogP contribution in [-0.4, -0.2) is 56.0 Å². The van der Waals surface area contributed by atoms with E-state index in [-0.39, 0.29) is 23.5 Å². The van der Waals surface area contributed by atoms with Crippen LogP contribution in [0.5, 0.6) is 0 Å². The molecule has 1 unspecified atom stereocenters. The highest BCUT2D eigenvalue weighted by Gasteiger charge is 2.34. The number of sulfonamides is 1. The van der Waals surface area contributed by atoms with E-state index < -0.39 is 15.8 Å². The van der Waals surface area contributed by atoms with Gasteiger partial charge in [-0.15, -0.1) is 0 Å². The molecule has 2 aliphatic rings. The van der Waals surface area contributed by atoms with Crippen molar-refractivity contribution in [2.75, 3.05) is 32.1 Å². The molecular formula is C19H25ClFN3O3S. The first-order chi connectivity index (χ1) is 13.3. The van der Waals surface area contributed by atoms with E-state index in [2.05, 4.69) is 9.98 Å². The van der Waals surface area contributed by atoms with Crippen molar-refractivity contribution >= 4 is 27.8 Å². The molecule has 3 heterocycles. The monoisotopic (exact) mass is 429 g/mol. The molecule has 0 spiro atoms. The average molecular weight is 430 g/mol. The predicted molar refractivity (Wildman–Crippen MR) is 107 cm³/mol. The standard InChI is InChI=1S/C19H25ClFN3O3S/c1-14-11-24(28(25,26)13-15-5-7-27-12-15)6-4-16(14)8-19(20)23-10-18-3-2-17(21)9-22-18/h2-3,8-10,14-16H,4-7,11-13H2,1H3/t14-,15?,16-/m0/s1. The predicted octanol–water partition coefficient (Wildman–Crippen LogP) is 3.04. The second-order valence-corrected chi connectivity index (χ2v) is 9.85. The Labute approximate surface area is 170 Å². The highest BCUT2D eigenvalue weighted by Crippen LogP contribution is 2.29. The first-order valence-electron chi connectivity index (χ1n) is 9.42. The third kappa shape index (κ3) is 5.83. The first kappa shape index (κ1) is 21.4. The zero-order valence-corrected chi connectivity index (χ0v) is 17.4. The lowest BCUT2D eigenvalue weighted by Crippen LogP contribution is -2.44. The molecular weight excluding hydrogens is 405 g/mol. The summed E-state index contributed by atoms with van der Waals surface area (Å²) in [6.07, 6.45) is 5.97. The minimum Gasteiger partial charge on any atom is -0.381 e. The topological polar surface area (TPSA) is 71.9 Å². The molecule has 0 bridgehead atoms. The fourth-order valence-electron chi connectivity index (χ4n) is 3.55. The highest BCUT2D eigenvalue weighted by molar-refractivity contribution is 7.89. The quantitative estimate of drug-likeness (QED) is 0.514. The Morgan fingerprint density at radius 1 is 1.46 bits per heavy atom. The van der Waals surface area contributed by atoms with Gasteiger partial charge in [-0.1, -0.05) is 18.5 Å². The molecule has 0 saturated carbocycles. The molecule has 3 atom stereocenters. The number of pyridine rings is 1. The van der Waals surface area contributed by atoms with Gasteiger partial charge in [-0.3, -0.25) is 4.98 Å². The van der Waals surface area contributed by atoms with E-state index in [4.69, 9.17) is 16.3 Å². The second kappa shape index (κ2) is 9.43. The van der Waals surface area contributed by atoms with Crippen LogP contribution in [0, 0.1) is 23.6 Å². The number of hydrogen-bond donors (Lipinski definition) is 0. The SMILES string of the molecule is C[C@H]1CN(S(=O)(=O)CC2CCOC2)CC[C@H]1C=C(Cl)N=Cc1ccc(F)cn1. The number of hydrogen-bond acceptors (Lipinski definition) is 5. The molecule has 2 saturated heterocycles.